The van der Waals surface area contributed by atoms with Crippen molar-refractivity contribution in [3.8, 4) is 0 Å². The van der Waals surface area contributed by atoms with E-state index >= 15 is 0 Å². The average Bonchev–Trinajstić information content (AvgIpc) is 2.03. The van der Waals surface area contributed by atoms with Crippen LogP contribution in [0.1, 0.15) is 13.8 Å². The summed E-state index contributed by atoms with van der Waals surface area (Å²) < 4.78 is 0. The molecule has 0 aromatic carbocycles. The number of piperazine rings is 1. The monoisotopic (exact) mass is 185 g/mol. The van der Waals surface area contributed by atoms with E-state index in [1.54, 1.807) is 0 Å². The molecule has 1 fully saturated rings. The zero-order valence-electron chi connectivity index (χ0n) is 8.49. The highest BCUT2D eigenvalue weighted by atomic mass is 16.1. The summed E-state index contributed by atoms with van der Waals surface area (Å²) in [6.45, 7) is 8.81. The standard InChI is InChI=1S/C9H19N3O/c1-3-12-5-4-11(6-8(12)2)7-9(10)13/h8H,3-7H2,1-2H3,(H2,10,13). The van der Waals surface area contributed by atoms with E-state index in [1.807, 2.05) is 0 Å². The number of nitrogens with two attached hydrogens (primary N) is 1. The summed E-state index contributed by atoms with van der Waals surface area (Å²) in [7, 11) is 0. The molecule has 0 aromatic rings. The first-order chi connectivity index (χ1) is 6.13. The van der Waals surface area contributed by atoms with E-state index in [9.17, 15) is 4.79 Å². The molecule has 0 spiro atoms. The Labute approximate surface area is 79.7 Å². The zero-order chi connectivity index (χ0) is 9.84. The highest BCUT2D eigenvalue weighted by Gasteiger charge is 2.22. The van der Waals surface area contributed by atoms with Gasteiger partial charge in [-0.15, -0.1) is 0 Å². The fourth-order valence-corrected chi connectivity index (χ4v) is 1.90. The lowest BCUT2D eigenvalue weighted by Gasteiger charge is -2.38. The Balaban J connectivity index is 2.36. The van der Waals surface area contributed by atoms with E-state index < -0.39 is 0 Å². The topological polar surface area (TPSA) is 49.6 Å². The molecule has 13 heavy (non-hydrogen) atoms. The molecule has 1 saturated heterocycles. The summed E-state index contributed by atoms with van der Waals surface area (Å²) >= 11 is 0. The first kappa shape index (κ1) is 10.5. The van der Waals surface area contributed by atoms with Crippen LogP contribution in [0.25, 0.3) is 0 Å². The third-order valence-corrected chi connectivity index (χ3v) is 2.63. The Morgan fingerprint density at radius 2 is 2.23 bits per heavy atom. The molecule has 76 valence electrons. The van der Waals surface area contributed by atoms with Gasteiger partial charge < -0.3 is 5.73 Å². The average molecular weight is 185 g/mol. The molecule has 4 nitrogen and oxygen atoms in total. The molecule has 1 amide bonds. The van der Waals surface area contributed by atoms with Gasteiger partial charge >= 0.3 is 0 Å². The minimum Gasteiger partial charge on any atom is -0.369 e. The largest absolute Gasteiger partial charge is 0.369 e. The Bertz CT molecular complexity index is 184. The molecule has 0 aromatic heterocycles. The normalized spacial score (nSPS) is 26.2. The smallest absolute Gasteiger partial charge is 0.231 e. The lowest BCUT2D eigenvalue weighted by atomic mass is 10.2. The van der Waals surface area contributed by atoms with E-state index in [0.717, 1.165) is 26.2 Å². The van der Waals surface area contributed by atoms with Crippen molar-refractivity contribution in [3.63, 3.8) is 0 Å². The molecule has 0 aliphatic carbocycles. The number of hydrogen-bond acceptors (Lipinski definition) is 3. The van der Waals surface area contributed by atoms with Gasteiger partial charge in [0.25, 0.3) is 0 Å². The number of hydrogen-bond donors (Lipinski definition) is 1. The van der Waals surface area contributed by atoms with Gasteiger partial charge in [-0.05, 0) is 13.5 Å². The molecule has 1 atom stereocenters. The predicted octanol–water partition coefficient (Wildman–Crippen LogP) is -0.502. The van der Waals surface area contributed by atoms with Crippen LogP contribution < -0.4 is 5.73 Å². The number of nitrogens with zero attached hydrogens (tertiary/aromatic N) is 2. The number of carbonyl (C=O) groups excluding carboxylic acids is 1. The maximum atomic E-state index is 10.7. The van der Waals surface area contributed by atoms with E-state index in [2.05, 4.69) is 23.6 Å². The summed E-state index contributed by atoms with van der Waals surface area (Å²) in [5.74, 6) is -0.225. The molecule has 0 saturated carbocycles. The Morgan fingerprint density at radius 1 is 1.54 bits per heavy atom. The molecule has 1 aliphatic heterocycles. The van der Waals surface area contributed by atoms with Crippen LogP contribution in [-0.2, 0) is 4.79 Å². The van der Waals surface area contributed by atoms with Crippen LogP contribution in [-0.4, -0.2) is 54.5 Å². The van der Waals surface area contributed by atoms with Gasteiger partial charge in [-0.25, -0.2) is 0 Å². The van der Waals surface area contributed by atoms with Crippen LogP contribution in [0.4, 0.5) is 0 Å². The fourth-order valence-electron chi connectivity index (χ4n) is 1.90. The van der Waals surface area contributed by atoms with Crippen LogP contribution in [0.2, 0.25) is 0 Å². The predicted molar refractivity (Wildman–Crippen MR) is 52.3 cm³/mol. The van der Waals surface area contributed by atoms with Gasteiger partial charge in [0, 0.05) is 25.7 Å². The van der Waals surface area contributed by atoms with Crippen molar-refractivity contribution in [1.29, 1.82) is 0 Å². The summed E-state index contributed by atoms with van der Waals surface area (Å²) in [6.07, 6.45) is 0. The zero-order valence-corrected chi connectivity index (χ0v) is 8.49. The SMILES string of the molecule is CCN1CCN(CC(N)=O)CC1C. The summed E-state index contributed by atoms with van der Waals surface area (Å²) in [6, 6.07) is 0.540. The number of likely N-dealkylation sites (N-methyl/N-ethyl adjacent to an activating group) is 1. The number of rotatable bonds is 3. The van der Waals surface area contributed by atoms with Gasteiger partial charge in [0.2, 0.25) is 5.91 Å². The van der Waals surface area contributed by atoms with Crippen LogP contribution in [0.15, 0.2) is 0 Å². The third kappa shape index (κ3) is 2.97. The van der Waals surface area contributed by atoms with Gasteiger partial charge in [0.15, 0.2) is 0 Å². The molecule has 0 bridgehead atoms. The molecule has 2 N–H and O–H groups in total. The summed E-state index contributed by atoms with van der Waals surface area (Å²) in [4.78, 5) is 15.2. The Morgan fingerprint density at radius 3 is 2.69 bits per heavy atom. The van der Waals surface area contributed by atoms with Crippen LogP contribution >= 0.6 is 0 Å². The Hall–Kier alpha value is -0.610. The van der Waals surface area contributed by atoms with E-state index in [1.165, 1.54) is 0 Å². The van der Waals surface area contributed by atoms with Gasteiger partial charge in [-0.2, -0.15) is 0 Å². The molecule has 1 aliphatic rings. The second-order valence-corrected chi connectivity index (χ2v) is 3.68. The quantitative estimate of drug-likeness (QED) is 0.645. The van der Waals surface area contributed by atoms with Gasteiger partial charge in [0.05, 0.1) is 6.54 Å². The molecule has 0 radical (unpaired) electrons. The molecular formula is C9H19N3O. The number of primary amides is 1. The van der Waals surface area contributed by atoms with E-state index in [-0.39, 0.29) is 5.91 Å². The maximum absolute atomic E-state index is 10.7. The van der Waals surface area contributed by atoms with Gasteiger partial charge in [0.1, 0.15) is 0 Å². The fraction of sp³-hybridized carbons (Fsp3) is 0.889. The molecule has 1 unspecified atom stereocenters. The lowest BCUT2D eigenvalue weighted by molar-refractivity contribution is -0.119. The van der Waals surface area contributed by atoms with Crippen LogP contribution in [0, 0.1) is 0 Å². The van der Waals surface area contributed by atoms with Crippen molar-refractivity contribution in [1.82, 2.24) is 9.80 Å². The van der Waals surface area contributed by atoms with Crippen LogP contribution in [0.5, 0.6) is 0 Å². The van der Waals surface area contributed by atoms with E-state index in [0.29, 0.717) is 12.6 Å². The van der Waals surface area contributed by atoms with Crippen molar-refractivity contribution in [3.05, 3.63) is 0 Å². The highest BCUT2D eigenvalue weighted by Crippen LogP contribution is 2.07. The minimum absolute atomic E-state index is 0.225. The number of carbonyl (C=O) groups is 1. The Kier molecular flexibility index (Phi) is 3.69. The lowest BCUT2D eigenvalue weighted by Crippen LogP contribution is -2.53. The van der Waals surface area contributed by atoms with Crippen molar-refractivity contribution in [2.75, 3.05) is 32.7 Å². The van der Waals surface area contributed by atoms with Gasteiger partial charge in [-0.1, -0.05) is 6.92 Å². The number of amides is 1. The molecule has 1 heterocycles. The molecule has 1 rings (SSSR count). The van der Waals surface area contributed by atoms with Crippen molar-refractivity contribution in [2.24, 2.45) is 5.73 Å². The minimum atomic E-state index is -0.225. The van der Waals surface area contributed by atoms with Crippen molar-refractivity contribution >= 4 is 5.91 Å². The first-order valence-corrected chi connectivity index (χ1v) is 4.88. The first-order valence-electron chi connectivity index (χ1n) is 4.88. The van der Waals surface area contributed by atoms with Gasteiger partial charge in [-0.3, -0.25) is 14.6 Å². The second kappa shape index (κ2) is 4.58. The van der Waals surface area contributed by atoms with E-state index in [4.69, 9.17) is 5.73 Å². The molecular weight excluding hydrogens is 166 g/mol. The highest BCUT2D eigenvalue weighted by molar-refractivity contribution is 5.75. The van der Waals surface area contributed by atoms with Crippen molar-refractivity contribution in [2.45, 2.75) is 19.9 Å². The third-order valence-electron chi connectivity index (χ3n) is 2.63. The van der Waals surface area contributed by atoms with Crippen LogP contribution in [0.3, 0.4) is 0 Å². The maximum Gasteiger partial charge on any atom is 0.231 e. The van der Waals surface area contributed by atoms with Crippen molar-refractivity contribution < 1.29 is 4.79 Å². The summed E-state index contributed by atoms with van der Waals surface area (Å²) in [5, 5.41) is 0. The summed E-state index contributed by atoms with van der Waals surface area (Å²) in [5.41, 5.74) is 5.14. The second-order valence-electron chi connectivity index (χ2n) is 3.68. The molecule has 4 heteroatoms.